The Hall–Kier alpha value is -1.96. The van der Waals surface area contributed by atoms with Crippen LogP contribution in [0.3, 0.4) is 0 Å². The average Bonchev–Trinajstić information content (AvgIpc) is 3.21. The number of ether oxygens (including phenoxy) is 1. The third kappa shape index (κ3) is 2.46. The summed E-state index contributed by atoms with van der Waals surface area (Å²) >= 11 is 6.44. The summed E-state index contributed by atoms with van der Waals surface area (Å²) in [5.41, 5.74) is 3.14. The number of hydrogen-bond donors (Lipinski definition) is 0. The van der Waals surface area contributed by atoms with Crippen molar-refractivity contribution in [3.8, 4) is 0 Å². The summed E-state index contributed by atoms with van der Waals surface area (Å²) in [7, 11) is 1.96. The second kappa shape index (κ2) is 5.79. The summed E-state index contributed by atoms with van der Waals surface area (Å²) in [6.07, 6.45) is 3.00. The lowest BCUT2D eigenvalue weighted by molar-refractivity contribution is -0.0671. The van der Waals surface area contributed by atoms with Gasteiger partial charge in [0.1, 0.15) is 0 Å². The van der Waals surface area contributed by atoms with Crippen LogP contribution in [0.2, 0.25) is 5.02 Å². The maximum absolute atomic E-state index is 6.44. The molecule has 0 saturated carbocycles. The van der Waals surface area contributed by atoms with E-state index in [1.165, 1.54) is 0 Å². The molecule has 2 aromatic heterocycles. The Bertz CT molecular complexity index is 935. The van der Waals surface area contributed by atoms with E-state index in [1.807, 2.05) is 28.5 Å². The predicted molar refractivity (Wildman–Crippen MR) is 93.3 cm³/mol. The van der Waals surface area contributed by atoms with Gasteiger partial charge in [0, 0.05) is 32.1 Å². The van der Waals surface area contributed by atoms with E-state index in [0.29, 0.717) is 6.61 Å². The number of rotatable bonds is 2. The quantitative estimate of drug-likeness (QED) is 0.702. The van der Waals surface area contributed by atoms with Crippen molar-refractivity contribution in [2.75, 3.05) is 13.1 Å². The van der Waals surface area contributed by atoms with E-state index in [9.17, 15) is 0 Å². The molecule has 0 bridgehead atoms. The lowest BCUT2D eigenvalue weighted by Crippen LogP contribution is -2.47. The second-order valence-electron chi connectivity index (χ2n) is 6.81. The minimum absolute atomic E-state index is 0.213. The fraction of sp³-hybridized carbons (Fsp3) is 0.471. The molecular formula is C17H19ClN6O. The third-order valence-corrected chi connectivity index (χ3v) is 5.60. The maximum Gasteiger partial charge on any atom is 0.0930 e. The molecule has 0 amide bonds. The van der Waals surface area contributed by atoms with Gasteiger partial charge in [-0.1, -0.05) is 22.9 Å². The number of fused-ring (bicyclic) bond motifs is 4. The largest absolute Gasteiger partial charge is 0.370 e. The monoisotopic (exact) mass is 358 g/mol. The van der Waals surface area contributed by atoms with Crippen LogP contribution < -0.4 is 0 Å². The van der Waals surface area contributed by atoms with Gasteiger partial charge in [-0.2, -0.15) is 5.10 Å². The van der Waals surface area contributed by atoms with Gasteiger partial charge in [-0.3, -0.25) is 9.58 Å². The molecule has 0 aliphatic carbocycles. The Labute approximate surface area is 150 Å². The predicted octanol–water partition coefficient (Wildman–Crippen LogP) is 2.16. The van der Waals surface area contributed by atoms with E-state index >= 15 is 0 Å². The highest BCUT2D eigenvalue weighted by molar-refractivity contribution is 6.35. The van der Waals surface area contributed by atoms with E-state index in [-0.39, 0.29) is 12.1 Å². The summed E-state index contributed by atoms with van der Waals surface area (Å²) in [6.45, 7) is 3.24. The number of hydrogen-bond acceptors (Lipinski definition) is 5. The van der Waals surface area contributed by atoms with Crippen LogP contribution in [-0.4, -0.2) is 48.9 Å². The van der Waals surface area contributed by atoms with Crippen molar-refractivity contribution >= 4 is 22.5 Å². The van der Waals surface area contributed by atoms with E-state index in [4.69, 9.17) is 21.4 Å². The molecule has 0 radical (unpaired) electrons. The molecule has 2 atom stereocenters. The van der Waals surface area contributed by atoms with Crippen LogP contribution in [0.1, 0.15) is 23.9 Å². The molecule has 0 unspecified atom stereocenters. The number of aromatic nitrogens is 5. The summed E-state index contributed by atoms with van der Waals surface area (Å²) in [5, 5.41) is 14.8. The first-order valence-corrected chi connectivity index (χ1v) is 8.91. The lowest BCUT2D eigenvalue weighted by atomic mass is 10.00. The zero-order valence-electron chi connectivity index (χ0n) is 14.0. The standard InChI is InChI=1S/C17H19ClN6O/c1-22-14-4-2-3-12(18)17(14)13(20-22)8-23-6-5-16-15(9-23)24-11(10-25-16)7-19-21-24/h2-4,7,15-16H,5-6,8-10H2,1H3/t15-,16-/m0/s1. The van der Waals surface area contributed by atoms with Crippen molar-refractivity contribution in [1.29, 1.82) is 0 Å². The fourth-order valence-corrected chi connectivity index (χ4v) is 4.34. The minimum atomic E-state index is 0.213. The van der Waals surface area contributed by atoms with Gasteiger partial charge < -0.3 is 4.74 Å². The van der Waals surface area contributed by atoms with E-state index in [0.717, 1.165) is 53.4 Å². The zero-order chi connectivity index (χ0) is 17.0. The van der Waals surface area contributed by atoms with Crippen molar-refractivity contribution in [2.45, 2.75) is 31.7 Å². The van der Waals surface area contributed by atoms with Crippen LogP contribution >= 0.6 is 11.6 Å². The molecule has 3 aromatic rings. The van der Waals surface area contributed by atoms with Crippen LogP contribution in [-0.2, 0) is 24.9 Å². The van der Waals surface area contributed by atoms with Crippen LogP contribution in [0.4, 0.5) is 0 Å². The van der Waals surface area contributed by atoms with Crippen LogP contribution in [0.15, 0.2) is 24.4 Å². The van der Waals surface area contributed by atoms with Gasteiger partial charge in [0.25, 0.3) is 0 Å². The number of piperidine rings is 1. The zero-order valence-corrected chi connectivity index (χ0v) is 14.7. The topological polar surface area (TPSA) is 61.0 Å². The molecule has 130 valence electrons. The van der Waals surface area contributed by atoms with Gasteiger partial charge in [0.15, 0.2) is 0 Å². The molecule has 2 aliphatic rings. The van der Waals surface area contributed by atoms with Crippen molar-refractivity contribution in [3.63, 3.8) is 0 Å². The molecule has 7 nitrogen and oxygen atoms in total. The molecule has 4 heterocycles. The van der Waals surface area contributed by atoms with E-state index in [1.54, 1.807) is 6.20 Å². The number of benzene rings is 1. The number of likely N-dealkylation sites (tertiary alicyclic amines) is 1. The Morgan fingerprint density at radius 3 is 3.20 bits per heavy atom. The van der Waals surface area contributed by atoms with Gasteiger partial charge in [0.2, 0.25) is 0 Å². The summed E-state index contributed by atoms with van der Waals surface area (Å²) in [5.74, 6) is 0. The van der Waals surface area contributed by atoms with E-state index < -0.39 is 0 Å². The Balaban J connectivity index is 1.43. The molecule has 5 rings (SSSR count). The van der Waals surface area contributed by atoms with Crippen molar-refractivity contribution in [3.05, 3.63) is 40.8 Å². The van der Waals surface area contributed by atoms with Gasteiger partial charge in [0.05, 0.1) is 46.9 Å². The first kappa shape index (κ1) is 15.3. The highest BCUT2D eigenvalue weighted by atomic mass is 35.5. The Morgan fingerprint density at radius 1 is 1.36 bits per heavy atom. The van der Waals surface area contributed by atoms with Crippen molar-refractivity contribution in [1.82, 2.24) is 29.7 Å². The minimum Gasteiger partial charge on any atom is -0.370 e. The third-order valence-electron chi connectivity index (χ3n) is 5.29. The Morgan fingerprint density at radius 2 is 2.28 bits per heavy atom. The summed E-state index contributed by atoms with van der Waals surface area (Å²) < 4.78 is 9.93. The molecule has 8 heteroatoms. The number of aryl methyl sites for hydroxylation is 1. The molecule has 0 spiro atoms. The average molecular weight is 359 g/mol. The first-order valence-electron chi connectivity index (χ1n) is 8.54. The van der Waals surface area contributed by atoms with Crippen LogP contribution in [0.5, 0.6) is 0 Å². The van der Waals surface area contributed by atoms with Gasteiger partial charge in [-0.15, -0.1) is 5.10 Å². The normalized spacial score (nSPS) is 23.6. The summed E-state index contributed by atoms with van der Waals surface area (Å²) in [6, 6.07) is 6.16. The highest BCUT2D eigenvalue weighted by Gasteiger charge is 2.36. The highest BCUT2D eigenvalue weighted by Crippen LogP contribution is 2.32. The van der Waals surface area contributed by atoms with Crippen LogP contribution in [0.25, 0.3) is 10.9 Å². The molecule has 1 aromatic carbocycles. The van der Waals surface area contributed by atoms with Gasteiger partial charge in [-0.25, -0.2) is 4.68 Å². The molecule has 0 N–H and O–H groups in total. The first-order chi connectivity index (χ1) is 12.2. The van der Waals surface area contributed by atoms with E-state index in [2.05, 4.69) is 21.3 Å². The SMILES string of the molecule is Cn1nc(CN2CC[C@@H]3OCc4cnnn4[C@H]3C2)c2c(Cl)cccc21. The van der Waals surface area contributed by atoms with Crippen LogP contribution in [0, 0.1) is 0 Å². The smallest absolute Gasteiger partial charge is 0.0930 e. The van der Waals surface area contributed by atoms with Crippen molar-refractivity contribution in [2.24, 2.45) is 7.05 Å². The molecule has 1 saturated heterocycles. The van der Waals surface area contributed by atoms with Gasteiger partial charge >= 0.3 is 0 Å². The molecule has 2 aliphatic heterocycles. The molecule has 25 heavy (non-hydrogen) atoms. The molecular weight excluding hydrogens is 340 g/mol. The number of halogens is 1. The number of nitrogens with zero attached hydrogens (tertiary/aromatic N) is 6. The molecule has 1 fully saturated rings. The fourth-order valence-electron chi connectivity index (χ4n) is 4.06. The maximum atomic E-state index is 6.44. The Kier molecular flexibility index (Phi) is 3.55. The van der Waals surface area contributed by atoms with Crippen molar-refractivity contribution < 1.29 is 4.74 Å². The second-order valence-corrected chi connectivity index (χ2v) is 7.22. The summed E-state index contributed by atoms with van der Waals surface area (Å²) in [4.78, 5) is 2.41. The van der Waals surface area contributed by atoms with Gasteiger partial charge in [-0.05, 0) is 18.6 Å². The lowest BCUT2D eigenvalue weighted by Gasteiger charge is -2.40.